The number of nitrogen functional groups attached to an aromatic ring is 2. The third-order valence-electron chi connectivity index (χ3n) is 1.79. The Hall–Kier alpha value is -0.800. The molecule has 0 amide bonds. The van der Waals surface area contributed by atoms with Crippen LogP contribution in [0, 0.1) is 0 Å². The number of ether oxygens (including phenoxy) is 1. The summed E-state index contributed by atoms with van der Waals surface area (Å²) < 4.78 is 5.45. The zero-order chi connectivity index (χ0) is 9.68. The topological polar surface area (TPSA) is 61.3 Å². The Balaban J connectivity index is 0. The van der Waals surface area contributed by atoms with E-state index in [1.165, 1.54) is 0 Å². The molecule has 1 aromatic carbocycles. The summed E-state index contributed by atoms with van der Waals surface area (Å²) in [5, 5.41) is 0. The minimum atomic E-state index is 0. The van der Waals surface area contributed by atoms with Gasteiger partial charge >= 0.3 is 0 Å². The first-order chi connectivity index (χ1) is 6.24. The lowest BCUT2D eigenvalue weighted by Gasteiger charge is -2.08. The molecular formula is C10H18Cl2N2O. The number of benzene rings is 1. The summed E-state index contributed by atoms with van der Waals surface area (Å²) in [6, 6.07) is 5.28. The molecule has 0 aromatic heterocycles. The van der Waals surface area contributed by atoms with Gasteiger partial charge in [-0.05, 0) is 18.6 Å². The molecule has 0 unspecified atom stereocenters. The van der Waals surface area contributed by atoms with Crippen LogP contribution in [0.25, 0.3) is 0 Å². The van der Waals surface area contributed by atoms with Gasteiger partial charge in [-0.2, -0.15) is 0 Å². The van der Waals surface area contributed by atoms with Crippen molar-refractivity contribution in [1.29, 1.82) is 0 Å². The summed E-state index contributed by atoms with van der Waals surface area (Å²) in [6.45, 7) is 2.82. The molecule has 0 radical (unpaired) electrons. The van der Waals surface area contributed by atoms with Gasteiger partial charge in [0.2, 0.25) is 0 Å². The molecule has 0 atom stereocenters. The van der Waals surface area contributed by atoms with E-state index in [2.05, 4.69) is 6.92 Å². The van der Waals surface area contributed by atoms with Crippen molar-refractivity contribution in [2.24, 2.45) is 0 Å². The SMILES string of the molecule is CCCCOc1cc(N)ccc1N.Cl.Cl. The molecule has 4 N–H and O–H groups in total. The van der Waals surface area contributed by atoms with E-state index in [9.17, 15) is 0 Å². The zero-order valence-corrected chi connectivity index (χ0v) is 10.4. The maximum atomic E-state index is 5.69. The number of halogens is 2. The van der Waals surface area contributed by atoms with Crippen molar-refractivity contribution in [3.05, 3.63) is 18.2 Å². The van der Waals surface area contributed by atoms with E-state index in [1.807, 2.05) is 0 Å². The summed E-state index contributed by atoms with van der Waals surface area (Å²) in [7, 11) is 0. The summed E-state index contributed by atoms with van der Waals surface area (Å²) in [5.41, 5.74) is 12.6. The molecule has 0 aliphatic rings. The Labute approximate surface area is 103 Å². The van der Waals surface area contributed by atoms with E-state index >= 15 is 0 Å². The smallest absolute Gasteiger partial charge is 0.144 e. The van der Waals surface area contributed by atoms with Gasteiger partial charge < -0.3 is 16.2 Å². The molecule has 0 bridgehead atoms. The Bertz CT molecular complexity index is 282. The second kappa shape index (κ2) is 8.50. The molecule has 1 aromatic rings. The van der Waals surface area contributed by atoms with E-state index in [0.29, 0.717) is 23.7 Å². The first kappa shape index (κ1) is 16.6. The van der Waals surface area contributed by atoms with Crippen LogP contribution in [-0.4, -0.2) is 6.61 Å². The van der Waals surface area contributed by atoms with E-state index < -0.39 is 0 Å². The zero-order valence-electron chi connectivity index (χ0n) is 8.73. The van der Waals surface area contributed by atoms with Crippen LogP contribution in [0.15, 0.2) is 18.2 Å². The van der Waals surface area contributed by atoms with Crippen molar-refractivity contribution in [1.82, 2.24) is 0 Å². The monoisotopic (exact) mass is 252 g/mol. The van der Waals surface area contributed by atoms with Crippen molar-refractivity contribution < 1.29 is 4.74 Å². The van der Waals surface area contributed by atoms with Gasteiger partial charge in [-0.15, -0.1) is 24.8 Å². The van der Waals surface area contributed by atoms with Crippen molar-refractivity contribution >= 4 is 36.2 Å². The minimum absolute atomic E-state index is 0. The van der Waals surface area contributed by atoms with Crippen LogP contribution in [-0.2, 0) is 0 Å². The van der Waals surface area contributed by atoms with Gasteiger partial charge in [0.05, 0.1) is 12.3 Å². The van der Waals surface area contributed by atoms with Gasteiger partial charge in [-0.1, -0.05) is 13.3 Å². The predicted octanol–water partition coefficient (Wildman–Crippen LogP) is 2.87. The fourth-order valence-corrected chi connectivity index (χ4v) is 1.00. The quantitative estimate of drug-likeness (QED) is 0.640. The standard InChI is InChI=1S/C10H16N2O.2ClH/c1-2-3-6-13-10-7-8(11)4-5-9(10)12;;/h4-5,7H,2-3,6,11-12H2,1H3;2*1H. The molecule has 3 nitrogen and oxygen atoms in total. The number of nitrogens with two attached hydrogens (primary N) is 2. The maximum Gasteiger partial charge on any atom is 0.144 e. The predicted molar refractivity (Wildman–Crippen MR) is 70.2 cm³/mol. The van der Waals surface area contributed by atoms with Crippen LogP contribution in [0.3, 0.4) is 0 Å². The van der Waals surface area contributed by atoms with Crippen molar-refractivity contribution in [2.45, 2.75) is 19.8 Å². The van der Waals surface area contributed by atoms with Gasteiger partial charge in [0.25, 0.3) is 0 Å². The summed E-state index contributed by atoms with van der Waals surface area (Å²) in [5.74, 6) is 0.688. The first-order valence-electron chi connectivity index (χ1n) is 4.52. The lowest BCUT2D eigenvalue weighted by molar-refractivity contribution is 0.311. The van der Waals surface area contributed by atoms with Crippen LogP contribution < -0.4 is 16.2 Å². The fraction of sp³-hybridized carbons (Fsp3) is 0.400. The molecule has 0 saturated heterocycles. The van der Waals surface area contributed by atoms with Gasteiger partial charge in [0, 0.05) is 11.8 Å². The Morgan fingerprint density at radius 3 is 2.47 bits per heavy atom. The number of hydrogen-bond acceptors (Lipinski definition) is 3. The number of hydrogen-bond donors (Lipinski definition) is 2. The largest absolute Gasteiger partial charge is 0.491 e. The van der Waals surface area contributed by atoms with E-state index in [1.54, 1.807) is 18.2 Å². The van der Waals surface area contributed by atoms with Crippen molar-refractivity contribution in [3.63, 3.8) is 0 Å². The van der Waals surface area contributed by atoms with Crippen LogP contribution >= 0.6 is 24.8 Å². The number of anilines is 2. The highest BCUT2D eigenvalue weighted by Crippen LogP contribution is 2.23. The molecule has 0 aliphatic heterocycles. The summed E-state index contributed by atoms with van der Waals surface area (Å²) >= 11 is 0. The normalized spacial score (nSPS) is 8.60. The fourth-order valence-electron chi connectivity index (χ4n) is 1.00. The molecule has 5 heteroatoms. The maximum absolute atomic E-state index is 5.69. The second-order valence-electron chi connectivity index (χ2n) is 3.00. The summed E-state index contributed by atoms with van der Waals surface area (Å²) in [6.07, 6.45) is 2.15. The second-order valence-corrected chi connectivity index (χ2v) is 3.00. The lowest BCUT2D eigenvalue weighted by Crippen LogP contribution is -2.00. The lowest BCUT2D eigenvalue weighted by atomic mass is 10.2. The molecule has 1 rings (SSSR count). The Kier molecular flexibility index (Phi) is 9.42. The van der Waals surface area contributed by atoms with E-state index in [4.69, 9.17) is 16.2 Å². The molecule has 0 heterocycles. The molecule has 88 valence electrons. The average molecular weight is 253 g/mol. The van der Waals surface area contributed by atoms with E-state index in [-0.39, 0.29) is 24.8 Å². The van der Waals surface area contributed by atoms with Gasteiger partial charge in [-0.3, -0.25) is 0 Å². The first-order valence-corrected chi connectivity index (χ1v) is 4.52. The van der Waals surface area contributed by atoms with Crippen LogP contribution in [0.2, 0.25) is 0 Å². The highest BCUT2D eigenvalue weighted by Gasteiger charge is 1.99. The van der Waals surface area contributed by atoms with Crippen LogP contribution in [0.1, 0.15) is 19.8 Å². The average Bonchev–Trinajstić information content (AvgIpc) is 2.11. The minimum Gasteiger partial charge on any atom is -0.491 e. The van der Waals surface area contributed by atoms with Gasteiger partial charge in [0.15, 0.2) is 0 Å². The Morgan fingerprint density at radius 1 is 1.20 bits per heavy atom. The molecule has 0 fully saturated rings. The van der Waals surface area contributed by atoms with Crippen LogP contribution in [0.5, 0.6) is 5.75 Å². The van der Waals surface area contributed by atoms with Crippen molar-refractivity contribution in [2.75, 3.05) is 18.1 Å². The van der Waals surface area contributed by atoms with E-state index in [0.717, 1.165) is 12.8 Å². The molecule has 0 spiro atoms. The molecule has 15 heavy (non-hydrogen) atoms. The third kappa shape index (κ3) is 5.60. The van der Waals surface area contributed by atoms with Gasteiger partial charge in [-0.25, -0.2) is 0 Å². The number of rotatable bonds is 4. The molecule has 0 aliphatic carbocycles. The highest BCUT2D eigenvalue weighted by atomic mass is 35.5. The highest BCUT2D eigenvalue weighted by molar-refractivity contribution is 5.85. The molecular weight excluding hydrogens is 235 g/mol. The third-order valence-corrected chi connectivity index (χ3v) is 1.79. The van der Waals surface area contributed by atoms with Crippen LogP contribution in [0.4, 0.5) is 11.4 Å². The van der Waals surface area contributed by atoms with Crippen molar-refractivity contribution in [3.8, 4) is 5.75 Å². The van der Waals surface area contributed by atoms with Gasteiger partial charge in [0.1, 0.15) is 5.75 Å². The number of unbranched alkanes of at least 4 members (excludes halogenated alkanes) is 1. The summed E-state index contributed by atoms with van der Waals surface area (Å²) in [4.78, 5) is 0. The molecule has 0 saturated carbocycles. The Morgan fingerprint density at radius 2 is 1.87 bits per heavy atom.